The van der Waals surface area contributed by atoms with Gasteiger partial charge < -0.3 is 10.6 Å². The van der Waals surface area contributed by atoms with Crippen molar-refractivity contribution in [2.75, 3.05) is 13.1 Å². The van der Waals surface area contributed by atoms with Gasteiger partial charge in [0.2, 0.25) is 11.8 Å². The van der Waals surface area contributed by atoms with Crippen LogP contribution in [0.1, 0.15) is 13.3 Å². The Morgan fingerprint density at radius 3 is 2.73 bits per heavy atom. The Morgan fingerprint density at radius 1 is 1.82 bits per heavy atom. The van der Waals surface area contributed by atoms with Gasteiger partial charge in [-0.15, -0.1) is 0 Å². The van der Waals surface area contributed by atoms with E-state index in [0.29, 0.717) is 19.5 Å². The van der Waals surface area contributed by atoms with E-state index in [1.54, 1.807) is 4.90 Å². The van der Waals surface area contributed by atoms with Gasteiger partial charge in [0.25, 0.3) is 0 Å². The number of likely N-dealkylation sites (tertiary alicyclic amines) is 1. The van der Waals surface area contributed by atoms with E-state index < -0.39 is 0 Å². The largest absolute Gasteiger partial charge is 0.369 e. The smallest absolute Gasteiger partial charge is 0.223 e. The second kappa shape index (κ2) is 2.90. The zero-order valence-electron chi connectivity index (χ0n) is 6.54. The quantitative estimate of drug-likeness (QED) is 0.577. The second-order valence-electron chi connectivity index (χ2n) is 2.74. The highest BCUT2D eigenvalue weighted by atomic mass is 16.2. The van der Waals surface area contributed by atoms with Crippen molar-refractivity contribution in [3.8, 4) is 0 Å². The number of carbonyl (C=O) groups excluding carboxylic acids is 2. The van der Waals surface area contributed by atoms with Crippen LogP contribution in [0.3, 0.4) is 0 Å². The fourth-order valence-corrected chi connectivity index (χ4v) is 1.27. The Balaban J connectivity index is 2.56. The highest BCUT2D eigenvalue weighted by Crippen LogP contribution is 2.16. The molecule has 0 unspecified atom stereocenters. The molecule has 1 saturated heterocycles. The van der Waals surface area contributed by atoms with Gasteiger partial charge in [0.05, 0.1) is 5.92 Å². The number of hydrogen-bond donors (Lipinski definition) is 1. The molecule has 0 saturated carbocycles. The van der Waals surface area contributed by atoms with Gasteiger partial charge in [-0.3, -0.25) is 9.59 Å². The number of hydrogen-bond acceptors (Lipinski definition) is 2. The standard InChI is InChI=1S/C7H12N2O2/c1-2-9-4-5(7(8)11)3-6(9)10/h5H,2-4H2,1H3,(H2,8,11)/t5-/m1/s1. The van der Waals surface area contributed by atoms with E-state index in [4.69, 9.17) is 5.73 Å². The first-order chi connectivity index (χ1) is 5.15. The fourth-order valence-electron chi connectivity index (χ4n) is 1.27. The van der Waals surface area contributed by atoms with Crippen LogP contribution in [0.4, 0.5) is 0 Å². The summed E-state index contributed by atoms with van der Waals surface area (Å²) in [6.45, 7) is 3.06. The van der Waals surface area contributed by atoms with E-state index in [-0.39, 0.29) is 17.7 Å². The molecule has 2 N–H and O–H groups in total. The molecule has 0 spiro atoms. The summed E-state index contributed by atoms with van der Waals surface area (Å²) in [5.74, 6) is -0.590. The Morgan fingerprint density at radius 2 is 2.45 bits per heavy atom. The Hall–Kier alpha value is -1.06. The summed E-state index contributed by atoms with van der Waals surface area (Å²) in [5.41, 5.74) is 5.06. The predicted molar refractivity (Wildman–Crippen MR) is 39.6 cm³/mol. The van der Waals surface area contributed by atoms with Crippen molar-refractivity contribution in [3.63, 3.8) is 0 Å². The van der Waals surface area contributed by atoms with Crippen molar-refractivity contribution in [2.45, 2.75) is 13.3 Å². The van der Waals surface area contributed by atoms with E-state index in [0.717, 1.165) is 0 Å². The molecule has 62 valence electrons. The molecule has 1 heterocycles. The SMILES string of the molecule is CCN1C[C@H](C(N)=O)CC1=O. The van der Waals surface area contributed by atoms with Crippen LogP contribution in [-0.4, -0.2) is 29.8 Å². The molecular formula is C7H12N2O2. The number of rotatable bonds is 2. The maximum absolute atomic E-state index is 11.0. The Labute approximate surface area is 65.3 Å². The second-order valence-corrected chi connectivity index (χ2v) is 2.74. The lowest BCUT2D eigenvalue weighted by Crippen LogP contribution is -2.28. The van der Waals surface area contributed by atoms with Crippen molar-refractivity contribution >= 4 is 11.8 Å². The van der Waals surface area contributed by atoms with Crippen molar-refractivity contribution in [1.82, 2.24) is 4.90 Å². The van der Waals surface area contributed by atoms with Gasteiger partial charge in [-0.1, -0.05) is 0 Å². The third-order valence-electron chi connectivity index (χ3n) is 2.00. The van der Waals surface area contributed by atoms with Gasteiger partial charge in [0.15, 0.2) is 0 Å². The van der Waals surface area contributed by atoms with Crippen molar-refractivity contribution in [3.05, 3.63) is 0 Å². The summed E-state index contributed by atoms with van der Waals surface area (Å²) in [6, 6.07) is 0. The molecule has 0 radical (unpaired) electrons. The Bertz CT molecular complexity index is 191. The van der Waals surface area contributed by atoms with E-state index in [2.05, 4.69) is 0 Å². The number of amides is 2. The average Bonchev–Trinajstić information content (AvgIpc) is 2.31. The zero-order valence-corrected chi connectivity index (χ0v) is 6.54. The van der Waals surface area contributed by atoms with Crippen molar-refractivity contribution in [2.24, 2.45) is 11.7 Å². The monoisotopic (exact) mass is 156 g/mol. The lowest BCUT2D eigenvalue weighted by molar-refractivity contribution is -0.128. The highest BCUT2D eigenvalue weighted by Gasteiger charge is 2.31. The summed E-state index contributed by atoms with van der Waals surface area (Å²) in [5, 5.41) is 0. The van der Waals surface area contributed by atoms with E-state index in [1.165, 1.54) is 0 Å². The third-order valence-corrected chi connectivity index (χ3v) is 2.00. The molecule has 0 aromatic heterocycles. The van der Waals surface area contributed by atoms with Gasteiger partial charge in [0, 0.05) is 19.5 Å². The maximum atomic E-state index is 11.0. The molecule has 1 atom stereocenters. The highest BCUT2D eigenvalue weighted by molar-refractivity contribution is 5.88. The van der Waals surface area contributed by atoms with Gasteiger partial charge in [-0.25, -0.2) is 0 Å². The van der Waals surface area contributed by atoms with Crippen LogP contribution >= 0.6 is 0 Å². The van der Waals surface area contributed by atoms with Gasteiger partial charge >= 0.3 is 0 Å². The van der Waals surface area contributed by atoms with Crippen LogP contribution in [0.2, 0.25) is 0 Å². The van der Waals surface area contributed by atoms with Gasteiger partial charge in [-0.05, 0) is 6.92 Å². The molecule has 1 aliphatic rings. The minimum Gasteiger partial charge on any atom is -0.369 e. The molecule has 1 rings (SSSR count). The molecule has 0 bridgehead atoms. The van der Waals surface area contributed by atoms with Crippen LogP contribution in [0.5, 0.6) is 0 Å². The molecule has 0 aromatic rings. The normalized spacial score (nSPS) is 24.3. The summed E-state index contributed by atoms with van der Waals surface area (Å²) in [7, 11) is 0. The average molecular weight is 156 g/mol. The van der Waals surface area contributed by atoms with Crippen LogP contribution in [0.25, 0.3) is 0 Å². The lowest BCUT2D eigenvalue weighted by atomic mass is 10.1. The van der Waals surface area contributed by atoms with Gasteiger partial charge in [-0.2, -0.15) is 0 Å². The number of carbonyl (C=O) groups is 2. The first-order valence-corrected chi connectivity index (χ1v) is 3.72. The summed E-state index contributed by atoms with van der Waals surface area (Å²) in [4.78, 5) is 23.3. The minimum atomic E-state index is -0.366. The molecule has 4 nitrogen and oxygen atoms in total. The van der Waals surface area contributed by atoms with E-state index in [1.807, 2.05) is 6.92 Å². The molecule has 4 heteroatoms. The Kier molecular flexibility index (Phi) is 2.12. The summed E-state index contributed by atoms with van der Waals surface area (Å²) in [6.07, 6.45) is 0.295. The topological polar surface area (TPSA) is 63.4 Å². The zero-order chi connectivity index (χ0) is 8.43. The lowest BCUT2D eigenvalue weighted by Gasteiger charge is -2.11. The molecule has 0 aliphatic carbocycles. The van der Waals surface area contributed by atoms with Crippen molar-refractivity contribution in [1.29, 1.82) is 0 Å². The van der Waals surface area contributed by atoms with Crippen molar-refractivity contribution < 1.29 is 9.59 Å². The molecular weight excluding hydrogens is 144 g/mol. The van der Waals surface area contributed by atoms with Gasteiger partial charge in [0.1, 0.15) is 0 Å². The molecule has 1 fully saturated rings. The predicted octanol–water partition coefficient (Wildman–Crippen LogP) is -0.660. The first kappa shape index (κ1) is 8.04. The van der Waals surface area contributed by atoms with Crippen LogP contribution < -0.4 is 5.73 Å². The van der Waals surface area contributed by atoms with Crippen LogP contribution in [0.15, 0.2) is 0 Å². The van der Waals surface area contributed by atoms with E-state index >= 15 is 0 Å². The third kappa shape index (κ3) is 1.50. The number of nitrogens with zero attached hydrogens (tertiary/aromatic N) is 1. The van der Waals surface area contributed by atoms with Crippen LogP contribution in [-0.2, 0) is 9.59 Å². The maximum Gasteiger partial charge on any atom is 0.223 e. The minimum absolute atomic E-state index is 0.0382. The van der Waals surface area contributed by atoms with Crippen LogP contribution in [0, 0.1) is 5.92 Å². The fraction of sp³-hybridized carbons (Fsp3) is 0.714. The van der Waals surface area contributed by atoms with E-state index in [9.17, 15) is 9.59 Å². The molecule has 1 aliphatic heterocycles. The number of primary amides is 1. The first-order valence-electron chi connectivity index (χ1n) is 3.72. The summed E-state index contributed by atoms with van der Waals surface area (Å²) < 4.78 is 0. The molecule has 0 aromatic carbocycles. The number of nitrogens with two attached hydrogens (primary N) is 1. The molecule has 2 amide bonds. The molecule has 11 heavy (non-hydrogen) atoms. The summed E-state index contributed by atoms with van der Waals surface area (Å²) >= 11 is 0.